The van der Waals surface area contributed by atoms with Crippen LogP contribution in [0.3, 0.4) is 0 Å². The molecule has 0 unspecified atom stereocenters. The Hall–Kier alpha value is -0.800. The summed E-state index contributed by atoms with van der Waals surface area (Å²) in [5, 5.41) is 3.49. The zero-order valence-corrected chi connectivity index (χ0v) is 10.9. The van der Waals surface area contributed by atoms with Crippen LogP contribution in [0.2, 0.25) is 0 Å². The van der Waals surface area contributed by atoms with E-state index >= 15 is 0 Å². The molecule has 0 saturated carbocycles. The van der Waals surface area contributed by atoms with E-state index in [1.807, 2.05) is 12.1 Å². The molecule has 0 aliphatic heterocycles. The third-order valence-corrected chi connectivity index (χ3v) is 2.49. The van der Waals surface area contributed by atoms with Crippen LogP contribution in [0.1, 0.15) is 33.5 Å². The molecule has 92 valence electrons. The first-order chi connectivity index (χ1) is 7.51. The van der Waals surface area contributed by atoms with E-state index in [2.05, 4.69) is 37.9 Å². The lowest BCUT2D eigenvalue weighted by Gasteiger charge is -2.24. The number of nitrogens with zero attached hydrogens (tertiary/aromatic N) is 1. The van der Waals surface area contributed by atoms with E-state index in [9.17, 15) is 0 Å². The van der Waals surface area contributed by atoms with Crippen LogP contribution >= 0.6 is 0 Å². The molecule has 1 aromatic rings. The van der Waals surface area contributed by atoms with Crippen molar-refractivity contribution in [2.75, 3.05) is 19.6 Å². The number of likely N-dealkylation sites (N-methyl/N-ethyl adjacent to an activating group) is 1. The average Bonchev–Trinajstić information content (AvgIpc) is 2.67. The molecular weight excluding hydrogens is 200 g/mol. The van der Waals surface area contributed by atoms with Crippen molar-refractivity contribution >= 4 is 0 Å². The second-order valence-corrected chi connectivity index (χ2v) is 5.12. The molecule has 0 aliphatic rings. The zero-order valence-electron chi connectivity index (χ0n) is 10.9. The topological polar surface area (TPSA) is 28.4 Å². The van der Waals surface area contributed by atoms with E-state index in [0.717, 1.165) is 31.9 Å². The summed E-state index contributed by atoms with van der Waals surface area (Å²) in [5.41, 5.74) is 0.199. The van der Waals surface area contributed by atoms with Gasteiger partial charge in [0, 0.05) is 18.6 Å². The Morgan fingerprint density at radius 1 is 1.38 bits per heavy atom. The number of nitrogens with one attached hydrogen (secondary N) is 1. The zero-order chi connectivity index (χ0) is 12.0. The molecule has 0 fully saturated rings. The van der Waals surface area contributed by atoms with E-state index in [1.54, 1.807) is 6.26 Å². The first kappa shape index (κ1) is 13.3. The summed E-state index contributed by atoms with van der Waals surface area (Å²) < 4.78 is 5.35. The Labute approximate surface area is 98.8 Å². The van der Waals surface area contributed by atoms with E-state index in [0.29, 0.717) is 0 Å². The molecule has 3 heteroatoms. The fourth-order valence-corrected chi connectivity index (χ4v) is 1.56. The van der Waals surface area contributed by atoms with Gasteiger partial charge in [-0.15, -0.1) is 0 Å². The quantitative estimate of drug-likeness (QED) is 0.804. The van der Waals surface area contributed by atoms with Crippen molar-refractivity contribution in [2.24, 2.45) is 0 Å². The van der Waals surface area contributed by atoms with Gasteiger partial charge in [-0.05, 0) is 39.4 Å². The lowest BCUT2D eigenvalue weighted by Crippen LogP contribution is -2.41. The number of rotatable bonds is 6. The van der Waals surface area contributed by atoms with Gasteiger partial charge in [0.15, 0.2) is 0 Å². The summed E-state index contributed by atoms with van der Waals surface area (Å²) in [7, 11) is 0. The maximum absolute atomic E-state index is 5.35. The van der Waals surface area contributed by atoms with Gasteiger partial charge in [-0.1, -0.05) is 6.92 Å². The third kappa shape index (κ3) is 5.33. The molecule has 0 saturated heterocycles. The van der Waals surface area contributed by atoms with Crippen molar-refractivity contribution in [3.05, 3.63) is 24.2 Å². The summed E-state index contributed by atoms with van der Waals surface area (Å²) in [6.45, 7) is 12.8. The summed E-state index contributed by atoms with van der Waals surface area (Å²) >= 11 is 0. The first-order valence-electron chi connectivity index (χ1n) is 6.01. The predicted octanol–water partition coefficient (Wildman–Crippen LogP) is 2.49. The number of furan rings is 1. The van der Waals surface area contributed by atoms with Gasteiger partial charge >= 0.3 is 0 Å². The number of hydrogen-bond acceptors (Lipinski definition) is 3. The Morgan fingerprint density at radius 2 is 2.12 bits per heavy atom. The van der Waals surface area contributed by atoms with Gasteiger partial charge in [0.1, 0.15) is 5.76 Å². The molecule has 0 aliphatic carbocycles. The maximum Gasteiger partial charge on any atom is 0.117 e. The molecule has 0 bridgehead atoms. The van der Waals surface area contributed by atoms with Crippen LogP contribution < -0.4 is 5.32 Å². The molecule has 1 N–H and O–H groups in total. The molecule has 0 radical (unpaired) electrons. The lowest BCUT2D eigenvalue weighted by atomic mass is 10.1. The van der Waals surface area contributed by atoms with Gasteiger partial charge in [-0.2, -0.15) is 0 Å². The second kappa shape index (κ2) is 6.06. The Morgan fingerprint density at radius 3 is 2.62 bits per heavy atom. The van der Waals surface area contributed by atoms with Crippen LogP contribution in [0.5, 0.6) is 0 Å². The van der Waals surface area contributed by atoms with E-state index < -0.39 is 0 Å². The van der Waals surface area contributed by atoms with Crippen molar-refractivity contribution in [3.63, 3.8) is 0 Å². The van der Waals surface area contributed by atoms with E-state index in [1.165, 1.54) is 0 Å². The van der Waals surface area contributed by atoms with Crippen molar-refractivity contribution in [2.45, 2.75) is 39.8 Å². The highest BCUT2D eigenvalue weighted by atomic mass is 16.3. The van der Waals surface area contributed by atoms with Crippen LogP contribution in [0.4, 0.5) is 0 Å². The van der Waals surface area contributed by atoms with Gasteiger partial charge in [0.05, 0.1) is 12.8 Å². The molecule has 1 aromatic heterocycles. The molecular formula is C13H24N2O. The van der Waals surface area contributed by atoms with Crippen LogP contribution in [0.15, 0.2) is 22.8 Å². The normalized spacial score (nSPS) is 12.3. The van der Waals surface area contributed by atoms with Crippen LogP contribution in [0, 0.1) is 0 Å². The molecule has 0 amide bonds. The molecule has 0 atom stereocenters. The fourth-order valence-electron chi connectivity index (χ4n) is 1.56. The monoisotopic (exact) mass is 224 g/mol. The summed E-state index contributed by atoms with van der Waals surface area (Å²) in [5.74, 6) is 1.04. The Balaban J connectivity index is 2.27. The lowest BCUT2D eigenvalue weighted by molar-refractivity contribution is 0.246. The van der Waals surface area contributed by atoms with Crippen LogP contribution in [-0.2, 0) is 6.54 Å². The molecule has 0 spiro atoms. The first-order valence-corrected chi connectivity index (χ1v) is 6.01. The Bertz CT molecular complexity index is 275. The molecule has 1 heterocycles. The van der Waals surface area contributed by atoms with Crippen molar-refractivity contribution in [3.8, 4) is 0 Å². The van der Waals surface area contributed by atoms with Crippen molar-refractivity contribution in [1.82, 2.24) is 10.2 Å². The molecule has 0 aromatic carbocycles. The standard InChI is InChI=1S/C13H24N2O/c1-5-15(9-8-14-13(2,3)4)11-12-7-6-10-16-12/h6-7,10,14H,5,8-9,11H2,1-4H3. The van der Waals surface area contributed by atoms with E-state index in [4.69, 9.17) is 4.42 Å². The highest BCUT2D eigenvalue weighted by Crippen LogP contribution is 2.05. The minimum Gasteiger partial charge on any atom is -0.468 e. The minimum absolute atomic E-state index is 0.199. The van der Waals surface area contributed by atoms with Gasteiger partial charge in [-0.25, -0.2) is 0 Å². The van der Waals surface area contributed by atoms with Crippen molar-refractivity contribution in [1.29, 1.82) is 0 Å². The summed E-state index contributed by atoms with van der Waals surface area (Å²) in [6, 6.07) is 3.97. The Kier molecular flexibility index (Phi) is 5.03. The summed E-state index contributed by atoms with van der Waals surface area (Å²) in [6.07, 6.45) is 1.73. The minimum atomic E-state index is 0.199. The highest BCUT2D eigenvalue weighted by Gasteiger charge is 2.10. The van der Waals surface area contributed by atoms with Gasteiger partial charge in [0.2, 0.25) is 0 Å². The number of hydrogen-bond donors (Lipinski definition) is 1. The van der Waals surface area contributed by atoms with Gasteiger partial charge in [0.25, 0.3) is 0 Å². The smallest absolute Gasteiger partial charge is 0.117 e. The molecule has 3 nitrogen and oxygen atoms in total. The summed E-state index contributed by atoms with van der Waals surface area (Å²) in [4.78, 5) is 2.37. The highest BCUT2D eigenvalue weighted by molar-refractivity contribution is 4.97. The van der Waals surface area contributed by atoms with Crippen LogP contribution in [0.25, 0.3) is 0 Å². The van der Waals surface area contributed by atoms with Gasteiger partial charge < -0.3 is 9.73 Å². The predicted molar refractivity (Wildman–Crippen MR) is 67.4 cm³/mol. The fraction of sp³-hybridized carbons (Fsp3) is 0.692. The third-order valence-electron chi connectivity index (χ3n) is 2.49. The second-order valence-electron chi connectivity index (χ2n) is 5.12. The van der Waals surface area contributed by atoms with Crippen molar-refractivity contribution < 1.29 is 4.42 Å². The SMILES string of the molecule is CCN(CCNC(C)(C)C)Cc1ccco1. The van der Waals surface area contributed by atoms with E-state index in [-0.39, 0.29) is 5.54 Å². The van der Waals surface area contributed by atoms with Crippen LogP contribution in [-0.4, -0.2) is 30.1 Å². The maximum atomic E-state index is 5.35. The largest absolute Gasteiger partial charge is 0.468 e. The van der Waals surface area contributed by atoms with Gasteiger partial charge in [-0.3, -0.25) is 4.90 Å². The molecule has 16 heavy (non-hydrogen) atoms. The molecule has 1 rings (SSSR count). The average molecular weight is 224 g/mol.